The Morgan fingerprint density at radius 1 is 1.09 bits per heavy atom. The van der Waals surface area contributed by atoms with Gasteiger partial charge in [0, 0.05) is 30.9 Å². The van der Waals surface area contributed by atoms with Crippen LogP contribution in [0.5, 0.6) is 0 Å². The SMILES string of the molecule is Cc1cc[nH]c1C1CCN(c2nnnn2-c2ccccc2)CC1. The molecule has 1 fully saturated rings. The van der Waals surface area contributed by atoms with E-state index in [1.54, 1.807) is 0 Å². The molecular weight excluding hydrogens is 288 g/mol. The fourth-order valence-electron chi connectivity index (χ4n) is 3.38. The Labute approximate surface area is 135 Å². The first-order valence-corrected chi connectivity index (χ1v) is 8.05. The number of hydrogen-bond donors (Lipinski definition) is 1. The minimum absolute atomic E-state index is 0.599. The molecule has 2 aromatic heterocycles. The summed E-state index contributed by atoms with van der Waals surface area (Å²) in [6.45, 7) is 4.11. The quantitative estimate of drug-likeness (QED) is 0.808. The summed E-state index contributed by atoms with van der Waals surface area (Å²) in [6, 6.07) is 12.2. The predicted molar refractivity (Wildman–Crippen MR) is 88.9 cm³/mol. The van der Waals surface area contributed by atoms with Crippen molar-refractivity contribution in [2.45, 2.75) is 25.7 Å². The maximum Gasteiger partial charge on any atom is 0.250 e. The van der Waals surface area contributed by atoms with E-state index in [4.69, 9.17) is 0 Å². The van der Waals surface area contributed by atoms with Gasteiger partial charge in [0.1, 0.15) is 0 Å². The molecule has 1 saturated heterocycles. The lowest BCUT2D eigenvalue weighted by Gasteiger charge is -2.32. The van der Waals surface area contributed by atoms with Crippen LogP contribution in [0.3, 0.4) is 0 Å². The molecule has 23 heavy (non-hydrogen) atoms. The smallest absolute Gasteiger partial charge is 0.250 e. The number of nitrogens with one attached hydrogen (secondary N) is 1. The Balaban J connectivity index is 1.52. The number of para-hydroxylation sites is 1. The summed E-state index contributed by atoms with van der Waals surface area (Å²) in [5.74, 6) is 1.43. The van der Waals surface area contributed by atoms with Gasteiger partial charge in [-0.25, -0.2) is 0 Å². The van der Waals surface area contributed by atoms with Gasteiger partial charge in [-0.15, -0.1) is 0 Å². The zero-order chi connectivity index (χ0) is 15.6. The first kappa shape index (κ1) is 14.0. The van der Waals surface area contributed by atoms with Gasteiger partial charge in [-0.2, -0.15) is 4.68 Å². The molecule has 0 spiro atoms. The van der Waals surface area contributed by atoms with E-state index in [1.807, 2.05) is 41.2 Å². The normalized spacial score (nSPS) is 16.0. The van der Waals surface area contributed by atoms with Crippen LogP contribution in [0, 0.1) is 6.92 Å². The average molecular weight is 308 g/mol. The van der Waals surface area contributed by atoms with Crippen molar-refractivity contribution in [1.82, 2.24) is 25.2 Å². The van der Waals surface area contributed by atoms with Crippen molar-refractivity contribution in [3.8, 4) is 5.69 Å². The molecule has 3 heterocycles. The molecule has 0 bridgehead atoms. The summed E-state index contributed by atoms with van der Waals surface area (Å²) < 4.78 is 1.82. The largest absolute Gasteiger partial charge is 0.365 e. The Kier molecular flexibility index (Phi) is 3.57. The number of tetrazole rings is 1. The van der Waals surface area contributed by atoms with Crippen molar-refractivity contribution in [3.05, 3.63) is 53.9 Å². The lowest BCUT2D eigenvalue weighted by Crippen LogP contribution is -2.35. The van der Waals surface area contributed by atoms with Crippen LogP contribution >= 0.6 is 0 Å². The number of hydrogen-bond acceptors (Lipinski definition) is 4. The number of rotatable bonds is 3. The summed E-state index contributed by atoms with van der Waals surface area (Å²) in [5, 5.41) is 12.3. The molecule has 118 valence electrons. The third-order valence-corrected chi connectivity index (χ3v) is 4.64. The molecule has 0 aliphatic carbocycles. The molecule has 0 saturated carbocycles. The van der Waals surface area contributed by atoms with Crippen molar-refractivity contribution >= 4 is 5.95 Å². The topological polar surface area (TPSA) is 62.6 Å². The van der Waals surface area contributed by atoms with Crippen LogP contribution < -0.4 is 4.90 Å². The summed E-state index contributed by atoms with van der Waals surface area (Å²) in [7, 11) is 0. The number of piperidine rings is 1. The van der Waals surface area contributed by atoms with E-state index in [0.29, 0.717) is 5.92 Å². The van der Waals surface area contributed by atoms with Crippen LogP contribution in [0.2, 0.25) is 0 Å². The number of aromatic amines is 1. The minimum atomic E-state index is 0.599. The molecule has 1 aliphatic heterocycles. The van der Waals surface area contributed by atoms with Gasteiger partial charge in [-0.05, 0) is 54.0 Å². The highest BCUT2D eigenvalue weighted by Crippen LogP contribution is 2.30. The lowest BCUT2D eigenvalue weighted by atomic mass is 9.92. The van der Waals surface area contributed by atoms with Crippen molar-refractivity contribution in [1.29, 1.82) is 0 Å². The second kappa shape index (κ2) is 5.87. The number of benzene rings is 1. The van der Waals surface area contributed by atoms with E-state index >= 15 is 0 Å². The standard InChI is InChI=1S/C17H20N6/c1-13-7-10-18-16(13)14-8-11-22(12-9-14)17-19-20-21-23(17)15-5-3-2-4-6-15/h2-7,10,14,18H,8-9,11-12H2,1H3. The first-order valence-electron chi connectivity index (χ1n) is 8.05. The molecule has 1 aliphatic rings. The fourth-order valence-corrected chi connectivity index (χ4v) is 3.38. The molecule has 1 N–H and O–H groups in total. The fraction of sp³-hybridized carbons (Fsp3) is 0.353. The van der Waals surface area contributed by atoms with Gasteiger partial charge in [0.25, 0.3) is 0 Å². The van der Waals surface area contributed by atoms with Crippen molar-refractivity contribution in [2.75, 3.05) is 18.0 Å². The van der Waals surface area contributed by atoms with Crippen molar-refractivity contribution in [2.24, 2.45) is 0 Å². The second-order valence-electron chi connectivity index (χ2n) is 6.06. The molecule has 0 atom stereocenters. The van der Waals surface area contributed by atoms with E-state index in [2.05, 4.69) is 38.4 Å². The van der Waals surface area contributed by atoms with Crippen LogP contribution in [0.25, 0.3) is 5.69 Å². The van der Waals surface area contributed by atoms with Crippen molar-refractivity contribution in [3.63, 3.8) is 0 Å². The summed E-state index contributed by atoms with van der Waals surface area (Å²) in [4.78, 5) is 5.68. The van der Waals surface area contributed by atoms with Gasteiger partial charge in [0.05, 0.1) is 5.69 Å². The number of nitrogens with zero attached hydrogens (tertiary/aromatic N) is 5. The Hall–Kier alpha value is -2.63. The van der Waals surface area contributed by atoms with Crippen LogP contribution in [0.4, 0.5) is 5.95 Å². The van der Waals surface area contributed by atoms with E-state index in [1.165, 1.54) is 11.3 Å². The minimum Gasteiger partial charge on any atom is -0.365 e. The van der Waals surface area contributed by atoms with Crippen LogP contribution in [0.1, 0.15) is 30.0 Å². The van der Waals surface area contributed by atoms with Gasteiger partial charge in [-0.1, -0.05) is 23.3 Å². The zero-order valence-electron chi connectivity index (χ0n) is 13.2. The molecule has 0 amide bonds. The summed E-state index contributed by atoms with van der Waals surface area (Å²) in [5.41, 5.74) is 3.74. The maximum atomic E-state index is 4.24. The van der Waals surface area contributed by atoms with Gasteiger partial charge in [0.15, 0.2) is 0 Å². The van der Waals surface area contributed by atoms with Gasteiger partial charge < -0.3 is 9.88 Å². The van der Waals surface area contributed by atoms with Gasteiger partial charge in [0.2, 0.25) is 5.95 Å². The highest BCUT2D eigenvalue weighted by atomic mass is 15.6. The van der Waals surface area contributed by atoms with Crippen LogP contribution in [-0.4, -0.2) is 38.3 Å². The molecular formula is C17H20N6. The third kappa shape index (κ3) is 2.60. The molecule has 0 radical (unpaired) electrons. The van der Waals surface area contributed by atoms with Crippen molar-refractivity contribution < 1.29 is 0 Å². The Morgan fingerprint density at radius 3 is 2.57 bits per heavy atom. The van der Waals surface area contributed by atoms with Gasteiger partial charge >= 0.3 is 0 Å². The highest BCUT2D eigenvalue weighted by Gasteiger charge is 2.25. The van der Waals surface area contributed by atoms with E-state index in [0.717, 1.165) is 37.6 Å². The maximum absolute atomic E-state index is 4.24. The van der Waals surface area contributed by atoms with E-state index in [9.17, 15) is 0 Å². The average Bonchev–Trinajstić information content (AvgIpc) is 3.25. The number of H-pyrrole nitrogens is 1. The molecule has 3 aromatic rings. The molecule has 6 heteroatoms. The number of aryl methyl sites for hydroxylation is 1. The summed E-state index contributed by atoms with van der Waals surface area (Å²) >= 11 is 0. The zero-order valence-corrected chi connectivity index (χ0v) is 13.2. The molecule has 0 unspecified atom stereocenters. The molecule has 1 aromatic carbocycles. The predicted octanol–water partition coefficient (Wildman–Crippen LogP) is 2.68. The summed E-state index contributed by atoms with van der Waals surface area (Å²) in [6.07, 6.45) is 4.26. The number of anilines is 1. The highest BCUT2D eigenvalue weighted by molar-refractivity contribution is 5.41. The lowest BCUT2D eigenvalue weighted by molar-refractivity contribution is 0.488. The number of aromatic nitrogens is 5. The third-order valence-electron chi connectivity index (χ3n) is 4.64. The Morgan fingerprint density at radius 2 is 1.87 bits per heavy atom. The van der Waals surface area contributed by atoms with Crippen LogP contribution in [0.15, 0.2) is 42.6 Å². The first-order chi connectivity index (χ1) is 11.3. The van der Waals surface area contributed by atoms with E-state index in [-0.39, 0.29) is 0 Å². The van der Waals surface area contributed by atoms with Gasteiger partial charge in [-0.3, -0.25) is 0 Å². The molecule has 6 nitrogen and oxygen atoms in total. The monoisotopic (exact) mass is 308 g/mol. The molecule has 4 rings (SSSR count). The second-order valence-corrected chi connectivity index (χ2v) is 6.06. The Bertz CT molecular complexity index is 767. The van der Waals surface area contributed by atoms with Crippen LogP contribution in [-0.2, 0) is 0 Å². The van der Waals surface area contributed by atoms with E-state index < -0.39 is 0 Å².